The predicted octanol–water partition coefficient (Wildman–Crippen LogP) is 2.27. The minimum absolute atomic E-state index is 0.247. The number of aryl methyl sites for hydroxylation is 1. The molecule has 4 heteroatoms. The number of carbonyl (C=O) groups is 1. The molecule has 0 radical (unpaired) electrons. The van der Waals surface area contributed by atoms with E-state index in [2.05, 4.69) is 17.6 Å². The van der Waals surface area contributed by atoms with Crippen LogP contribution in [0.15, 0.2) is 24.3 Å². The SMILES string of the molecule is Cc1ccc(OCCCNC(=O)C2CC23CCNCC3)cc1. The highest BCUT2D eigenvalue weighted by Crippen LogP contribution is 2.58. The molecule has 0 aromatic heterocycles. The third-order valence-electron chi connectivity index (χ3n) is 5.02. The third-order valence-corrected chi connectivity index (χ3v) is 5.02. The van der Waals surface area contributed by atoms with Gasteiger partial charge in [-0.1, -0.05) is 17.7 Å². The number of piperidine rings is 1. The lowest BCUT2D eigenvalue weighted by Gasteiger charge is -2.23. The second-order valence-electron chi connectivity index (χ2n) is 6.68. The van der Waals surface area contributed by atoms with Gasteiger partial charge in [0.1, 0.15) is 5.75 Å². The molecular formula is C18H26N2O2. The lowest BCUT2D eigenvalue weighted by Crippen LogP contribution is -2.34. The molecule has 1 aliphatic carbocycles. The zero-order valence-corrected chi connectivity index (χ0v) is 13.4. The van der Waals surface area contributed by atoms with Crippen molar-refractivity contribution in [2.24, 2.45) is 11.3 Å². The summed E-state index contributed by atoms with van der Waals surface area (Å²) in [5.41, 5.74) is 1.56. The van der Waals surface area contributed by atoms with E-state index in [9.17, 15) is 4.79 Å². The van der Waals surface area contributed by atoms with Crippen LogP contribution >= 0.6 is 0 Å². The molecule has 0 bridgehead atoms. The first-order valence-electron chi connectivity index (χ1n) is 8.38. The summed E-state index contributed by atoms with van der Waals surface area (Å²) in [6, 6.07) is 8.06. The van der Waals surface area contributed by atoms with Crippen molar-refractivity contribution in [3.05, 3.63) is 29.8 Å². The van der Waals surface area contributed by atoms with Gasteiger partial charge >= 0.3 is 0 Å². The van der Waals surface area contributed by atoms with Gasteiger partial charge in [0.05, 0.1) is 6.61 Å². The lowest BCUT2D eigenvalue weighted by molar-refractivity contribution is -0.123. The van der Waals surface area contributed by atoms with Crippen molar-refractivity contribution in [3.8, 4) is 5.75 Å². The van der Waals surface area contributed by atoms with Crippen molar-refractivity contribution >= 4 is 5.91 Å². The Labute approximate surface area is 132 Å². The molecule has 1 heterocycles. The van der Waals surface area contributed by atoms with Crippen LogP contribution in [-0.4, -0.2) is 32.1 Å². The molecule has 120 valence electrons. The zero-order valence-electron chi connectivity index (χ0n) is 13.4. The number of hydrogen-bond donors (Lipinski definition) is 2. The number of hydrogen-bond acceptors (Lipinski definition) is 3. The average molecular weight is 302 g/mol. The minimum Gasteiger partial charge on any atom is -0.494 e. The smallest absolute Gasteiger partial charge is 0.223 e. The van der Waals surface area contributed by atoms with E-state index in [1.54, 1.807) is 0 Å². The molecule has 2 fully saturated rings. The zero-order chi connectivity index (χ0) is 15.4. The maximum absolute atomic E-state index is 12.2. The molecule has 1 aromatic rings. The van der Waals surface area contributed by atoms with Crippen LogP contribution in [0, 0.1) is 18.3 Å². The fraction of sp³-hybridized carbons (Fsp3) is 0.611. The van der Waals surface area contributed by atoms with E-state index in [4.69, 9.17) is 4.74 Å². The summed E-state index contributed by atoms with van der Waals surface area (Å²) in [5.74, 6) is 1.40. The molecular weight excluding hydrogens is 276 g/mol. The first-order chi connectivity index (χ1) is 10.7. The highest BCUT2D eigenvalue weighted by molar-refractivity contribution is 5.82. The second-order valence-corrected chi connectivity index (χ2v) is 6.68. The molecule has 1 atom stereocenters. The van der Waals surface area contributed by atoms with E-state index in [0.717, 1.165) is 44.5 Å². The third kappa shape index (κ3) is 3.61. The Balaban J connectivity index is 1.30. The maximum Gasteiger partial charge on any atom is 0.223 e. The fourth-order valence-corrected chi connectivity index (χ4v) is 3.43. The summed E-state index contributed by atoms with van der Waals surface area (Å²) >= 11 is 0. The van der Waals surface area contributed by atoms with E-state index < -0.39 is 0 Å². The quantitative estimate of drug-likeness (QED) is 0.793. The number of carbonyl (C=O) groups excluding carboxylic acids is 1. The van der Waals surface area contributed by atoms with Gasteiger partial charge in [0, 0.05) is 12.5 Å². The molecule has 22 heavy (non-hydrogen) atoms. The van der Waals surface area contributed by atoms with Gasteiger partial charge < -0.3 is 15.4 Å². The van der Waals surface area contributed by atoms with Crippen molar-refractivity contribution in [1.82, 2.24) is 10.6 Å². The average Bonchev–Trinajstić information content (AvgIpc) is 3.22. The monoisotopic (exact) mass is 302 g/mol. The Morgan fingerprint density at radius 1 is 1.32 bits per heavy atom. The van der Waals surface area contributed by atoms with Crippen LogP contribution in [-0.2, 0) is 4.79 Å². The summed E-state index contributed by atoms with van der Waals surface area (Å²) in [7, 11) is 0. The molecule has 4 nitrogen and oxygen atoms in total. The van der Waals surface area contributed by atoms with E-state index in [1.807, 2.05) is 24.3 Å². The van der Waals surface area contributed by atoms with E-state index in [1.165, 1.54) is 5.56 Å². The molecule has 1 amide bonds. The molecule has 1 spiro atoms. The number of amides is 1. The van der Waals surface area contributed by atoms with Gasteiger partial charge in [0.15, 0.2) is 0 Å². The predicted molar refractivity (Wildman–Crippen MR) is 86.9 cm³/mol. The van der Waals surface area contributed by atoms with Gasteiger partial charge in [0.2, 0.25) is 5.91 Å². The van der Waals surface area contributed by atoms with Gasteiger partial charge in [-0.2, -0.15) is 0 Å². The van der Waals surface area contributed by atoms with Crippen molar-refractivity contribution in [2.75, 3.05) is 26.2 Å². The summed E-state index contributed by atoms with van der Waals surface area (Å²) in [6.07, 6.45) is 4.24. The Morgan fingerprint density at radius 2 is 2.05 bits per heavy atom. The van der Waals surface area contributed by atoms with E-state index in [0.29, 0.717) is 18.6 Å². The highest BCUT2D eigenvalue weighted by Gasteiger charge is 2.57. The summed E-state index contributed by atoms with van der Waals surface area (Å²) in [6.45, 7) is 5.53. The van der Waals surface area contributed by atoms with Gasteiger partial charge in [0.25, 0.3) is 0 Å². The molecule has 3 rings (SSSR count). The van der Waals surface area contributed by atoms with Crippen molar-refractivity contribution in [3.63, 3.8) is 0 Å². The van der Waals surface area contributed by atoms with Crippen LogP contribution in [0.5, 0.6) is 5.75 Å². The van der Waals surface area contributed by atoms with Crippen molar-refractivity contribution in [2.45, 2.75) is 32.6 Å². The molecule has 2 aliphatic rings. The fourth-order valence-electron chi connectivity index (χ4n) is 3.43. The lowest BCUT2D eigenvalue weighted by atomic mass is 9.92. The first kappa shape index (κ1) is 15.3. The van der Waals surface area contributed by atoms with E-state index >= 15 is 0 Å². The summed E-state index contributed by atoms with van der Waals surface area (Å²) < 4.78 is 5.67. The topological polar surface area (TPSA) is 50.4 Å². The minimum atomic E-state index is 0.247. The van der Waals surface area contributed by atoms with Crippen LogP contribution < -0.4 is 15.4 Å². The molecule has 1 aromatic carbocycles. The van der Waals surface area contributed by atoms with Crippen molar-refractivity contribution in [1.29, 1.82) is 0 Å². The standard InChI is InChI=1S/C18H26N2O2/c1-14-3-5-15(6-4-14)22-12-2-9-20-17(21)16-13-18(16)7-10-19-11-8-18/h3-6,16,19H,2,7-13H2,1H3,(H,20,21). The summed E-state index contributed by atoms with van der Waals surface area (Å²) in [4.78, 5) is 12.2. The first-order valence-corrected chi connectivity index (χ1v) is 8.38. The normalized spacial score (nSPS) is 22.3. The number of rotatable bonds is 6. The number of benzene rings is 1. The largest absolute Gasteiger partial charge is 0.494 e. The van der Waals surface area contributed by atoms with Crippen LogP contribution in [0.3, 0.4) is 0 Å². The van der Waals surface area contributed by atoms with Crippen LogP contribution in [0.2, 0.25) is 0 Å². The van der Waals surface area contributed by atoms with Gasteiger partial charge in [-0.3, -0.25) is 4.79 Å². The Kier molecular flexibility index (Phi) is 4.67. The Bertz CT molecular complexity index is 506. The van der Waals surface area contributed by atoms with Crippen molar-refractivity contribution < 1.29 is 9.53 Å². The summed E-state index contributed by atoms with van der Waals surface area (Å²) in [5, 5.41) is 6.44. The number of nitrogens with one attached hydrogen (secondary N) is 2. The maximum atomic E-state index is 12.2. The molecule has 2 N–H and O–H groups in total. The van der Waals surface area contributed by atoms with Crippen LogP contribution in [0.1, 0.15) is 31.2 Å². The van der Waals surface area contributed by atoms with Gasteiger partial charge in [-0.25, -0.2) is 0 Å². The van der Waals surface area contributed by atoms with Gasteiger partial charge in [-0.15, -0.1) is 0 Å². The molecule has 1 saturated carbocycles. The molecule has 1 saturated heterocycles. The van der Waals surface area contributed by atoms with Crippen LogP contribution in [0.4, 0.5) is 0 Å². The van der Waals surface area contributed by atoms with Crippen LogP contribution in [0.25, 0.3) is 0 Å². The van der Waals surface area contributed by atoms with Gasteiger partial charge in [-0.05, 0) is 63.2 Å². The Hall–Kier alpha value is -1.55. The second kappa shape index (κ2) is 6.69. The Morgan fingerprint density at radius 3 is 2.77 bits per heavy atom. The van der Waals surface area contributed by atoms with E-state index in [-0.39, 0.29) is 11.8 Å². The molecule has 1 aliphatic heterocycles. The highest BCUT2D eigenvalue weighted by atomic mass is 16.5. The molecule has 1 unspecified atom stereocenters. The number of ether oxygens (including phenoxy) is 1.